The van der Waals surface area contributed by atoms with Crippen LogP contribution >= 0.6 is 0 Å². The van der Waals surface area contributed by atoms with Gasteiger partial charge in [-0.2, -0.15) is 0 Å². The molecule has 1 aliphatic carbocycles. The van der Waals surface area contributed by atoms with Crippen molar-refractivity contribution in [3.05, 3.63) is 59.2 Å². The van der Waals surface area contributed by atoms with Crippen molar-refractivity contribution in [2.45, 2.75) is 32.4 Å². The molecule has 0 saturated carbocycles. The first-order valence-corrected chi connectivity index (χ1v) is 7.66. The number of benzene rings is 2. The zero-order valence-corrected chi connectivity index (χ0v) is 13.0. The van der Waals surface area contributed by atoms with E-state index < -0.39 is 0 Å². The van der Waals surface area contributed by atoms with Gasteiger partial charge in [-0.1, -0.05) is 42.5 Å². The van der Waals surface area contributed by atoms with Gasteiger partial charge in [-0.25, -0.2) is 0 Å². The summed E-state index contributed by atoms with van der Waals surface area (Å²) in [6.45, 7) is 5.17. The summed E-state index contributed by atoms with van der Waals surface area (Å²) in [4.78, 5) is 0. The first-order chi connectivity index (χ1) is 10.2. The van der Waals surface area contributed by atoms with Crippen LogP contribution in [0.5, 0.6) is 0 Å². The smallest absolute Gasteiger partial charge is 0.0667 e. The van der Waals surface area contributed by atoms with E-state index in [1.807, 2.05) is 0 Å². The lowest BCUT2D eigenvalue weighted by molar-refractivity contribution is 0.115. The third-order valence-corrected chi connectivity index (χ3v) is 4.43. The Labute approximate surface area is 127 Å². The number of rotatable bonds is 5. The van der Waals surface area contributed by atoms with E-state index in [1.165, 1.54) is 27.8 Å². The van der Waals surface area contributed by atoms with Crippen molar-refractivity contribution >= 4 is 0 Å². The summed E-state index contributed by atoms with van der Waals surface area (Å²) in [5.41, 5.74) is 7.03. The van der Waals surface area contributed by atoms with Crippen molar-refractivity contribution in [1.82, 2.24) is 5.32 Å². The standard InChI is InChI=1S/C19H23NO/c1-13(21-3)12-20-14(2)15-8-9-19-17(10-15)11-16-6-4-5-7-18(16)19/h4-10,13-14,20H,11-12H2,1-3H3. The molecule has 3 rings (SSSR count). The van der Waals surface area contributed by atoms with Crippen molar-refractivity contribution in [1.29, 1.82) is 0 Å². The van der Waals surface area contributed by atoms with Gasteiger partial charge in [-0.3, -0.25) is 0 Å². The van der Waals surface area contributed by atoms with Gasteiger partial charge in [0.15, 0.2) is 0 Å². The van der Waals surface area contributed by atoms with Gasteiger partial charge < -0.3 is 10.1 Å². The summed E-state index contributed by atoms with van der Waals surface area (Å²) in [6.07, 6.45) is 1.30. The molecule has 110 valence electrons. The highest BCUT2D eigenvalue weighted by Gasteiger charge is 2.19. The second-order valence-electron chi connectivity index (χ2n) is 5.93. The molecule has 2 unspecified atom stereocenters. The Morgan fingerprint density at radius 1 is 1.05 bits per heavy atom. The molecule has 2 heteroatoms. The fourth-order valence-corrected chi connectivity index (χ4v) is 2.98. The minimum atomic E-state index is 0.242. The Bertz CT molecular complexity index is 635. The summed E-state index contributed by atoms with van der Waals surface area (Å²) >= 11 is 0. The fraction of sp³-hybridized carbons (Fsp3) is 0.368. The highest BCUT2D eigenvalue weighted by Crippen LogP contribution is 2.37. The van der Waals surface area contributed by atoms with Crippen LogP contribution in [0.2, 0.25) is 0 Å². The topological polar surface area (TPSA) is 21.3 Å². The summed E-state index contributed by atoms with van der Waals surface area (Å²) in [7, 11) is 1.75. The van der Waals surface area contributed by atoms with Crippen LogP contribution in [-0.4, -0.2) is 19.8 Å². The lowest BCUT2D eigenvalue weighted by Crippen LogP contribution is -2.28. The zero-order valence-electron chi connectivity index (χ0n) is 13.0. The molecule has 0 saturated heterocycles. The number of hydrogen-bond donors (Lipinski definition) is 1. The van der Waals surface area contributed by atoms with Gasteiger partial charge in [0, 0.05) is 19.7 Å². The SMILES string of the molecule is COC(C)CNC(C)c1ccc2c(c1)Cc1ccccc1-2. The van der Waals surface area contributed by atoms with Crippen molar-refractivity contribution in [2.24, 2.45) is 0 Å². The van der Waals surface area contributed by atoms with E-state index in [0.717, 1.165) is 13.0 Å². The van der Waals surface area contributed by atoms with Crippen LogP contribution < -0.4 is 5.32 Å². The predicted molar refractivity (Wildman–Crippen MR) is 87.6 cm³/mol. The van der Waals surface area contributed by atoms with Crippen molar-refractivity contribution in [3.8, 4) is 11.1 Å². The lowest BCUT2D eigenvalue weighted by atomic mass is 10.0. The number of methoxy groups -OCH3 is 1. The Kier molecular flexibility index (Phi) is 4.09. The lowest BCUT2D eigenvalue weighted by Gasteiger charge is -2.18. The van der Waals surface area contributed by atoms with Crippen LogP contribution in [0.4, 0.5) is 0 Å². The van der Waals surface area contributed by atoms with E-state index >= 15 is 0 Å². The van der Waals surface area contributed by atoms with Crippen molar-refractivity contribution < 1.29 is 4.74 Å². The Morgan fingerprint density at radius 3 is 2.62 bits per heavy atom. The highest BCUT2D eigenvalue weighted by atomic mass is 16.5. The van der Waals surface area contributed by atoms with Gasteiger partial charge in [-0.05, 0) is 48.1 Å². The largest absolute Gasteiger partial charge is 0.380 e. The molecule has 0 amide bonds. The van der Waals surface area contributed by atoms with Gasteiger partial charge in [0.05, 0.1) is 6.10 Å². The third-order valence-electron chi connectivity index (χ3n) is 4.43. The normalized spacial score (nSPS) is 15.4. The maximum atomic E-state index is 5.29. The van der Waals surface area contributed by atoms with E-state index in [2.05, 4.69) is 61.6 Å². The molecule has 0 radical (unpaired) electrons. The van der Waals surface area contributed by atoms with Gasteiger partial charge in [0.1, 0.15) is 0 Å². The number of nitrogens with one attached hydrogen (secondary N) is 1. The van der Waals surface area contributed by atoms with Crippen molar-refractivity contribution in [3.63, 3.8) is 0 Å². The molecule has 2 nitrogen and oxygen atoms in total. The van der Waals surface area contributed by atoms with Gasteiger partial charge in [0.25, 0.3) is 0 Å². The van der Waals surface area contributed by atoms with Crippen molar-refractivity contribution in [2.75, 3.05) is 13.7 Å². The average Bonchev–Trinajstić information content (AvgIpc) is 2.89. The molecule has 1 N–H and O–H groups in total. The second-order valence-corrected chi connectivity index (χ2v) is 5.93. The third kappa shape index (κ3) is 2.87. The molecule has 0 aliphatic heterocycles. The minimum absolute atomic E-state index is 0.242. The summed E-state index contributed by atoms with van der Waals surface area (Å²) in [5, 5.41) is 3.54. The monoisotopic (exact) mass is 281 g/mol. The Hall–Kier alpha value is -1.64. The maximum absolute atomic E-state index is 5.29. The molecule has 1 aliphatic rings. The van der Waals surface area contributed by atoms with Crippen LogP contribution in [-0.2, 0) is 11.2 Å². The van der Waals surface area contributed by atoms with Gasteiger partial charge >= 0.3 is 0 Å². The van der Waals surface area contributed by atoms with Crippen LogP contribution in [0.25, 0.3) is 11.1 Å². The van der Waals surface area contributed by atoms with Crippen LogP contribution in [0.1, 0.15) is 36.6 Å². The molecule has 0 spiro atoms. The first kappa shape index (κ1) is 14.3. The molecule has 2 aromatic rings. The molecule has 0 heterocycles. The average molecular weight is 281 g/mol. The molecule has 2 aromatic carbocycles. The summed E-state index contributed by atoms with van der Waals surface area (Å²) < 4.78 is 5.29. The molecule has 2 atom stereocenters. The maximum Gasteiger partial charge on any atom is 0.0667 e. The highest BCUT2D eigenvalue weighted by molar-refractivity contribution is 5.76. The zero-order chi connectivity index (χ0) is 14.8. The molecular formula is C19H23NO. The van der Waals surface area contributed by atoms with E-state index in [1.54, 1.807) is 7.11 Å². The van der Waals surface area contributed by atoms with E-state index in [9.17, 15) is 0 Å². The van der Waals surface area contributed by atoms with Crippen LogP contribution in [0, 0.1) is 0 Å². The van der Waals surface area contributed by atoms with E-state index in [4.69, 9.17) is 4.74 Å². The molecule has 0 bridgehead atoms. The molecule has 21 heavy (non-hydrogen) atoms. The molecular weight excluding hydrogens is 258 g/mol. The Balaban J connectivity index is 1.77. The van der Waals surface area contributed by atoms with Gasteiger partial charge in [0.2, 0.25) is 0 Å². The molecule has 0 fully saturated rings. The molecule has 0 aromatic heterocycles. The number of ether oxygens (including phenoxy) is 1. The second kappa shape index (κ2) is 6.00. The number of hydrogen-bond acceptors (Lipinski definition) is 2. The van der Waals surface area contributed by atoms with E-state index in [-0.39, 0.29) is 6.10 Å². The first-order valence-electron chi connectivity index (χ1n) is 7.66. The quantitative estimate of drug-likeness (QED) is 0.764. The number of fused-ring (bicyclic) bond motifs is 3. The van der Waals surface area contributed by atoms with Crippen LogP contribution in [0.15, 0.2) is 42.5 Å². The van der Waals surface area contributed by atoms with Crippen LogP contribution in [0.3, 0.4) is 0 Å². The predicted octanol–water partition coefficient (Wildman–Crippen LogP) is 3.94. The Morgan fingerprint density at radius 2 is 1.81 bits per heavy atom. The summed E-state index contributed by atoms with van der Waals surface area (Å²) in [6, 6.07) is 15.9. The van der Waals surface area contributed by atoms with Gasteiger partial charge in [-0.15, -0.1) is 0 Å². The summed E-state index contributed by atoms with van der Waals surface area (Å²) in [5.74, 6) is 0. The fourth-order valence-electron chi connectivity index (χ4n) is 2.98. The minimum Gasteiger partial charge on any atom is -0.380 e. The van der Waals surface area contributed by atoms with E-state index in [0.29, 0.717) is 6.04 Å².